The molecule has 1 aromatic rings. The molecule has 0 aliphatic heterocycles. The average molecular weight is 213 g/mol. The van der Waals surface area contributed by atoms with E-state index in [9.17, 15) is 0 Å². The predicted molar refractivity (Wildman–Crippen MR) is 48.1 cm³/mol. The van der Waals surface area contributed by atoms with Crippen molar-refractivity contribution in [1.82, 2.24) is 0 Å². The zero-order chi connectivity index (χ0) is 7.84. The van der Waals surface area contributed by atoms with Gasteiger partial charge in [-0.2, -0.15) is 0 Å². The summed E-state index contributed by atoms with van der Waals surface area (Å²) in [5.74, 6) is 0. The third-order valence-corrected chi connectivity index (χ3v) is 2.80. The Morgan fingerprint density at radius 3 is 3.09 bits per heavy atom. The van der Waals surface area contributed by atoms with Crippen molar-refractivity contribution in [3.05, 3.63) is 33.8 Å². The van der Waals surface area contributed by atoms with E-state index in [4.69, 9.17) is 0 Å². The van der Waals surface area contributed by atoms with E-state index in [0.717, 1.165) is 0 Å². The van der Waals surface area contributed by atoms with Crippen LogP contribution in [0.2, 0.25) is 0 Å². The van der Waals surface area contributed by atoms with E-state index >= 15 is 0 Å². The molecule has 1 aromatic carbocycles. The van der Waals surface area contributed by atoms with E-state index in [0.29, 0.717) is 6.04 Å². The molecular formula is C9H11BrN+. The van der Waals surface area contributed by atoms with Crippen LogP contribution in [-0.2, 0) is 6.42 Å². The van der Waals surface area contributed by atoms with Gasteiger partial charge in [0.05, 0.1) is 0 Å². The molecule has 0 heterocycles. The van der Waals surface area contributed by atoms with Crippen LogP contribution in [0.1, 0.15) is 23.6 Å². The molecule has 0 fully saturated rings. The summed E-state index contributed by atoms with van der Waals surface area (Å²) in [5, 5.41) is 0. The Kier molecular flexibility index (Phi) is 1.74. The van der Waals surface area contributed by atoms with Crippen molar-refractivity contribution in [2.24, 2.45) is 0 Å². The van der Waals surface area contributed by atoms with Crippen LogP contribution >= 0.6 is 15.9 Å². The quantitative estimate of drug-likeness (QED) is 0.679. The smallest absolute Gasteiger partial charge is 0.111 e. The van der Waals surface area contributed by atoms with Gasteiger partial charge in [-0.3, -0.25) is 0 Å². The van der Waals surface area contributed by atoms with E-state index in [1.54, 1.807) is 0 Å². The molecule has 58 valence electrons. The fraction of sp³-hybridized carbons (Fsp3) is 0.333. The summed E-state index contributed by atoms with van der Waals surface area (Å²) >= 11 is 3.46. The first-order chi connectivity index (χ1) is 5.27. The van der Waals surface area contributed by atoms with Crippen molar-refractivity contribution < 1.29 is 5.73 Å². The van der Waals surface area contributed by atoms with Crippen LogP contribution in [-0.4, -0.2) is 0 Å². The summed E-state index contributed by atoms with van der Waals surface area (Å²) in [7, 11) is 0. The zero-order valence-corrected chi connectivity index (χ0v) is 7.89. The topological polar surface area (TPSA) is 27.6 Å². The fourth-order valence-corrected chi connectivity index (χ4v) is 2.08. The first-order valence-electron chi connectivity index (χ1n) is 3.89. The van der Waals surface area contributed by atoms with E-state index in [1.807, 2.05) is 0 Å². The molecular weight excluding hydrogens is 202 g/mol. The molecule has 1 unspecified atom stereocenters. The van der Waals surface area contributed by atoms with Gasteiger partial charge in [-0.25, -0.2) is 0 Å². The Bertz CT molecular complexity index is 283. The normalized spacial score (nSPS) is 21.8. The number of hydrogen-bond acceptors (Lipinski definition) is 0. The number of halogens is 1. The summed E-state index contributed by atoms with van der Waals surface area (Å²) in [6, 6.07) is 7.02. The Morgan fingerprint density at radius 2 is 2.27 bits per heavy atom. The van der Waals surface area contributed by atoms with Crippen molar-refractivity contribution in [3.63, 3.8) is 0 Å². The maximum absolute atomic E-state index is 4.09. The van der Waals surface area contributed by atoms with Crippen LogP contribution in [0.4, 0.5) is 0 Å². The standard InChI is InChI=1S/C9H10BrN/c10-7-2-3-8-6(5-7)1-4-9(8)11/h2-3,5,9H,1,4,11H2/p+1. The average Bonchev–Trinajstić information content (AvgIpc) is 2.32. The van der Waals surface area contributed by atoms with Crippen molar-refractivity contribution in [3.8, 4) is 0 Å². The highest BCUT2D eigenvalue weighted by Gasteiger charge is 2.21. The van der Waals surface area contributed by atoms with Gasteiger partial charge in [0, 0.05) is 16.5 Å². The molecule has 2 heteroatoms. The lowest BCUT2D eigenvalue weighted by atomic mass is 10.1. The number of quaternary nitrogens is 1. The van der Waals surface area contributed by atoms with Crippen LogP contribution in [0.15, 0.2) is 22.7 Å². The van der Waals surface area contributed by atoms with Gasteiger partial charge in [0.1, 0.15) is 6.04 Å². The largest absolute Gasteiger partial charge is 0.351 e. The second-order valence-corrected chi connectivity index (χ2v) is 3.99. The maximum Gasteiger partial charge on any atom is 0.111 e. The lowest BCUT2D eigenvalue weighted by molar-refractivity contribution is -0.425. The third-order valence-electron chi connectivity index (χ3n) is 2.31. The molecule has 2 rings (SSSR count). The van der Waals surface area contributed by atoms with Crippen molar-refractivity contribution in [2.45, 2.75) is 18.9 Å². The lowest BCUT2D eigenvalue weighted by Crippen LogP contribution is -2.52. The third kappa shape index (κ3) is 1.21. The Labute approximate surface area is 74.7 Å². The second-order valence-electron chi connectivity index (χ2n) is 3.08. The summed E-state index contributed by atoms with van der Waals surface area (Å²) in [4.78, 5) is 0. The molecule has 0 amide bonds. The number of rotatable bonds is 0. The van der Waals surface area contributed by atoms with Gasteiger partial charge in [0.25, 0.3) is 0 Å². The molecule has 0 saturated heterocycles. The molecule has 0 saturated carbocycles. The van der Waals surface area contributed by atoms with Gasteiger partial charge in [-0.1, -0.05) is 22.0 Å². The van der Waals surface area contributed by atoms with Gasteiger partial charge in [-0.05, 0) is 24.1 Å². The number of hydrogen-bond donors (Lipinski definition) is 1. The summed E-state index contributed by atoms with van der Waals surface area (Å²) < 4.78 is 1.19. The van der Waals surface area contributed by atoms with Gasteiger partial charge in [0.2, 0.25) is 0 Å². The highest BCUT2D eigenvalue weighted by atomic mass is 79.9. The van der Waals surface area contributed by atoms with E-state index < -0.39 is 0 Å². The molecule has 11 heavy (non-hydrogen) atoms. The van der Waals surface area contributed by atoms with Crippen molar-refractivity contribution >= 4 is 15.9 Å². The van der Waals surface area contributed by atoms with Crippen LogP contribution in [0.5, 0.6) is 0 Å². The fourth-order valence-electron chi connectivity index (χ4n) is 1.67. The minimum Gasteiger partial charge on any atom is -0.351 e. The first kappa shape index (κ1) is 7.32. The van der Waals surface area contributed by atoms with E-state index in [2.05, 4.69) is 39.9 Å². The van der Waals surface area contributed by atoms with Crippen LogP contribution in [0, 0.1) is 0 Å². The van der Waals surface area contributed by atoms with E-state index in [1.165, 1.54) is 28.4 Å². The van der Waals surface area contributed by atoms with Crippen molar-refractivity contribution in [1.29, 1.82) is 0 Å². The van der Waals surface area contributed by atoms with Crippen LogP contribution in [0.25, 0.3) is 0 Å². The Hall–Kier alpha value is -0.340. The number of fused-ring (bicyclic) bond motifs is 1. The van der Waals surface area contributed by atoms with Crippen molar-refractivity contribution in [2.75, 3.05) is 0 Å². The van der Waals surface area contributed by atoms with Crippen LogP contribution < -0.4 is 5.73 Å². The minimum absolute atomic E-state index is 0.526. The second kappa shape index (κ2) is 2.61. The van der Waals surface area contributed by atoms with Gasteiger partial charge in [-0.15, -0.1) is 0 Å². The van der Waals surface area contributed by atoms with Gasteiger partial charge < -0.3 is 5.73 Å². The Balaban J connectivity index is 2.50. The molecule has 1 atom stereocenters. The summed E-state index contributed by atoms with van der Waals surface area (Å²) in [6.45, 7) is 0. The molecule has 0 radical (unpaired) electrons. The highest BCUT2D eigenvalue weighted by molar-refractivity contribution is 9.10. The molecule has 1 nitrogen and oxygen atoms in total. The molecule has 1 aliphatic rings. The molecule has 3 N–H and O–H groups in total. The zero-order valence-electron chi connectivity index (χ0n) is 6.31. The van der Waals surface area contributed by atoms with Gasteiger partial charge >= 0.3 is 0 Å². The number of benzene rings is 1. The van der Waals surface area contributed by atoms with Crippen LogP contribution in [0.3, 0.4) is 0 Å². The number of aryl methyl sites for hydroxylation is 1. The SMILES string of the molecule is [NH3+]C1CCc2cc(Br)ccc21. The molecule has 1 aliphatic carbocycles. The lowest BCUT2D eigenvalue weighted by Gasteiger charge is -2.00. The molecule has 0 aromatic heterocycles. The maximum atomic E-state index is 4.09. The predicted octanol–water partition coefficient (Wildman–Crippen LogP) is 1.68. The van der Waals surface area contributed by atoms with E-state index in [-0.39, 0.29) is 0 Å². The molecule has 0 spiro atoms. The minimum atomic E-state index is 0.526. The van der Waals surface area contributed by atoms with Gasteiger partial charge in [0.15, 0.2) is 0 Å². The first-order valence-corrected chi connectivity index (χ1v) is 4.68. The molecule has 0 bridgehead atoms. The Morgan fingerprint density at radius 1 is 1.45 bits per heavy atom. The summed E-state index contributed by atoms with van der Waals surface area (Å²) in [5.41, 5.74) is 7.00. The highest BCUT2D eigenvalue weighted by Crippen LogP contribution is 2.29. The monoisotopic (exact) mass is 212 g/mol. The summed E-state index contributed by atoms with van der Waals surface area (Å²) in [6.07, 6.45) is 2.41.